The molecule has 0 aliphatic heterocycles. The molecule has 0 saturated heterocycles. The van der Waals surface area contributed by atoms with Gasteiger partial charge in [0.25, 0.3) is 15.9 Å². The Morgan fingerprint density at radius 1 is 0.767 bits per heavy atom. The first-order valence-corrected chi connectivity index (χ1v) is 10.5. The molecule has 0 bridgehead atoms. The second-order valence-corrected chi connectivity index (χ2v) is 8.51. The Bertz CT molecular complexity index is 1140. The molecule has 0 radical (unpaired) electrons. The number of rotatable bonds is 6. The van der Waals surface area contributed by atoms with Crippen molar-refractivity contribution in [3.63, 3.8) is 0 Å². The predicted molar refractivity (Wildman–Crippen MR) is 117 cm³/mol. The van der Waals surface area contributed by atoms with Crippen molar-refractivity contribution in [3.05, 3.63) is 84.4 Å². The van der Waals surface area contributed by atoms with Crippen molar-refractivity contribution < 1.29 is 18.0 Å². The second kappa shape index (κ2) is 8.79. The molecule has 0 heterocycles. The van der Waals surface area contributed by atoms with E-state index < -0.39 is 10.0 Å². The van der Waals surface area contributed by atoms with Crippen LogP contribution in [0.5, 0.6) is 0 Å². The monoisotopic (exact) mass is 423 g/mol. The number of carbonyl (C=O) groups excluding carboxylic acids is 2. The van der Waals surface area contributed by atoms with E-state index in [-0.39, 0.29) is 16.7 Å². The van der Waals surface area contributed by atoms with Crippen LogP contribution in [0.1, 0.15) is 17.3 Å². The van der Waals surface area contributed by atoms with Gasteiger partial charge in [-0.25, -0.2) is 8.42 Å². The minimum absolute atomic E-state index is 0.175. The van der Waals surface area contributed by atoms with Crippen molar-refractivity contribution >= 4 is 38.9 Å². The molecule has 0 aliphatic rings. The van der Waals surface area contributed by atoms with E-state index in [1.807, 2.05) is 0 Å². The van der Waals surface area contributed by atoms with Gasteiger partial charge in [0, 0.05) is 30.9 Å². The quantitative estimate of drug-likeness (QED) is 0.632. The first-order chi connectivity index (χ1) is 14.3. The van der Waals surface area contributed by atoms with Crippen molar-refractivity contribution in [2.75, 3.05) is 22.0 Å². The van der Waals surface area contributed by atoms with Crippen molar-refractivity contribution in [3.8, 4) is 0 Å². The lowest BCUT2D eigenvalue weighted by molar-refractivity contribution is -0.114. The van der Waals surface area contributed by atoms with E-state index in [0.717, 1.165) is 0 Å². The number of nitrogens with one attached hydrogen (secondary N) is 2. The van der Waals surface area contributed by atoms with Crippen LogP contribution in [0.4, 0.5) is 17.1 Å². The largest absolute Gasteiger partial charge is 0.326 e. The Labute approximate surface area is 175 Å². The standard InChI is InChI=1S/C22H21N3O4S/c1-16(26)23-18-10-12-19(13-11-18)24-22(27)17-8-14-20(15-9-17)25(2)30(28,29)21-6-4-3-5-7-21/h3-15H,1-2H3,(H,23,26)(H,24,27). The van der Waals surface area contributed by atoms with Gasteiger partial charge in [-0.2, -0.15) is 0 Å². The number of hydrogen-bond acceptors (Lipinski definition) is 4. The molecule has 0 fully saturated rings. The van der Waals surface area contributed by atoms with E-state index in [4.69, 9.17) is 0 Å². The average Bonchev–Trinajstić information content (AvgIpc) is 2.75. The van der Waals surface area contributed by atoms with Gasteiger partial charge in [0.2, 0.25) is 5.91 Å². The SMILES string of the molecule is CC(=O)Nc1ccc(NC(=O)c2ccc(N(C)S(=O)(=O)c3ccccc3)cc2)cc1. The highest BCUT2D eigenvalue weighted by molar-refractivity contribution is 7.92. The lowest BCUT2D eigenvalue weighted by Crippen LogP contribution is -2.26. The summed E-state index contributed by atoms with van der Waals surface area (Å²) in [6.45, 7) is 1.42. The van der Waals surface area contributed by atoms with E-state index in [0.29, 0.717) is 22.6 Å². The number of amides is 2. The van der Waals surface area contributed by atoms with E-state index >= 15 is 0 Å². The van der Waals surface area contributed by atoms with Crippen molar-refractivity contribution in [2.24, 2.45) is 0 Å². The van der Waals surface area contributed by atoms with Crippen molar-refractivity contribution in [2.45, 2.75) is 11.8 Å². The van der Waals surface area contributed by atoms with Crippen LogP contribution in [0.3, 0.4) is 0 Å². The van der Waals surface area contributed by atoms with Crippen LogP contribution >= 0.6 is 0 Å². The maximum atomic E-state index is 12.7. The lowest BCUT2D eigenvalue weighted by atomic mass is 10.2. The molecule has 3 rings (SSSR count). The van der Waals surface area contributed by atoms with Crippen molar-refractivity contribution in [1.82, 2.24) is 0 Å². The first kappa shape index (κ1) is 21.1. The predicted octanol–water partition coefficient (Wildman–Crippen LogP) is 3.72. The Balaban J connectivity index is 1.70. The summed E-state index contributed by atoms with van der Waals surface area (Å²) in [6, 6.07) is 21.1. The zero-order chi connectivity index (χ0) is 21.7. The smallest absolute Gasteiger partial charge is 0.264 e. The molecule has 0 atom stereocenters. The Morgan fingerprint density at radius 2 is 1.30 bits per heavy atom. The molecule has 0 aliphatic carbocycles. The van der Waals surface area contributed by atoms with Crippen LogP contribution in [0, 0.1) is 0 Å². The molecule has 7 nitrogen and oxygen atoms in total. The fourth-order valence-electron chi connectivity index (χ4n) is 2.76. The third-order valence-corrected chi connectivity index (χ3v) is 6.16. The van der Waals surface area contributed by atoms with Gasteiger partial charge in [-0.1, -0.05) is 18.2 Å². The highest BCUT2D eigenvalue weighted by Crippen LogP contribution is 2.22. The Hall–Kier alpha value is -3.65. The van der Waals surface area contributed by atoms with Crippen LogP contribution in [-0.4, -0.2) is 27.3 Å². The highest BCUT2D eigenvalue weighted by atomic mass is 32.2. The summed E-state index contributed by atoms with van der Waals surface area (Å²) in [4.78, 5) is 23.7. The summed E-state index contributed by atoms with van der Waals surface area (Å²) in [5.41, 5.74) is 2.03. The molecule has 3 aromatic rings. The fraction of sp³-hybridized carbons (Fsp3) is 0.0909. The second-order valence-electron chi connectivity index (χ2n) is 6.55. The summed E-state index contributed by atoms with van der Waals surface area (Å²) < 4.78 is 26.6. The number of benzene rings is 3. The summed E-state index contributed by atoms with van der Waals surface area (Å²) >= 11 is 0. The van der Waals surface area contributed by atoms with Gasteiger partial charge in [-0.15, -0.1) is 0 Å². The van der Waals surface area contributed by atoms with Gasteiger partial charge in [-0.05, 0) is 60.7 Å². The molecule has 30 heavy (non-hydrogen) atoms. The van der Waals surface area contributed by atoms with E-state index in [2.05, 4.69) is 10.6 Å². The zero-order valence-electron chi connectivity index (χ0n) is 16.5. The molecule has 0 saturated carbocycles. The molecule has 0 spiro atoms. The average molecular weight is 423 g/mol. The Morgan fingerprint density at radius 3 is 1.83 bits per heavy atom. The van der Waals surface area contributed by atoms with E-state index in [1.54, 1.807) is 66.7 Å². The fourth-order valence-corrected chi connectivity index (χ4v) is 3.97. The number of carbonyl (C=O) groups is 2. The van der Waals surface area contributed by atoms with Gasteiger partial charge in [0.1, 0.15) is 0 Å². The van der Waals surface area contributed by atoms with Crippen LogP contribution in [0.25, 0.3) is 0 Å². The zero-order valence-corrected chi connectivity index (χ0v) is 17.3. The third-order valence-electron chi connectivity index (χ3n) is 4.36. The maximum Gasteiger partial charge on any atom is 0.264 e. The summed E-state index contributed by atoms with van der Waals surface area (Å²) in [5, 5.41) is 5.41. The van der Waals surface area contributed by atoms with Gasteiger partial charge >= 0.3 is 0 Å². The topological polar surface area (TPSA) is 95.6 Å². The molecular formula is C22H21N3O4S. The van der Waals surface area contributed by atoms with Gasteiger partial charge < -0.3 is 10.6 Å². The Kier molecular flexibility index (Phi) is 6.17. The molecular weight excluding hydrogens is 402 g/mol. The third kappa shape index (κ3) is 4.84. The van der Waals surface area contributed by atoms with E-state index in [1.165, 1.54) is 30.4 Å². The number of sulfonamides is 1. The normalized spacial score (nSPS) is 10.9. The molecule has 2 N–H and O–H groups in total. The van der Waals surface area contributed by atoms with Crippen LogP contribution < -0.4 is 14.9 Å². The summed E-state index contributed by atoms with van der Waals surface area (Å²) in [7, 11) is -2.22. The molecule has 3 aromatic carbocycles. The molecule has 8 heteroatoms. The van der Waals surface area contributed by atoms with Gasteiger partial charge in [0.05, 0.1) is 10.6 Å². The van der Waals surface area contributed by atoms with Gasteiger partial charge in [0.15, 0.2) is 0 Å². The number of hydrogen-bond donors (Lipinski definition) is 2. The number of nitrogens with zero attached hydrogens (tertiary/aromatic N) is 1. The summed E-state index contributed by atoms with van der Waals surface area (Å²) in [6.07, 6.45) is 0. The highest BCUT2D eigenvalue weighted by Gasteiger charge is 2.21. The summed E-state index contributed by atoms with van der Waals surface area (Å²) in [5.74, 6) is -0.506. The molecule has 2 amide bonds. The van der Waals surface area contributed by atoms with Crippen LogP contribution in [0.2, 0.25) is 0 Å². The molecule has 0 unspecified atom stereocenters. The van der Waals surface area contributed by atoms with Crippen molar-refractivity contribution in [1.29, 1.82) is 0 Å². The minimum Gasteiger partial charge on any atom is -0.326 e. The van der Waals surface area contributed by atoms with Crippen LogP contribution in [-0.2, 0) is 14.8 Å². The molecule has 154 valence electrons. The molecule has 0 aromatic heterocycles. The van der Waals surface area contributed by atoms with E-state index in [9.17, 15) is 18.0 Å². The maximum absolute atomic E-state index is 12.7. The minimum atomic E-state index is -3.68. The van der Waals surface area contributed by atoms with Gasteiger partial charge in [-0.3, -0.25) is 13.9 Å². The lowest BCUT2D eigenvalue weighted by Gasteiger charge is -2.19. The van der Waals surface area contributed by atoms with Crippen LogP contribution in [0.15, 0.2) is 83.8 Å². The number of anilines is 3. The first-order valence-electron chi connectivity index (χ1n) is 9.10.